The van der Waals surface area contributed by atoms with Gasteiger partial charge in [-0.25, -0.2) is 4.98 Å². The number of ether oxygens (including phenoxy) is 2. The van der Waals surface area contributed by atoms with Gasteiger partial charge in [0.15, 0.2) is 17.7 Å². The molecule has 0 radical (unpaired) electrons. The standard InChI is InChI=1S/C20H22N6O3.C2H6/c21-17-11-25(8-9-26(17)18(22)19(23)27)10-13-3-5-14(6-4-13)16-12-28-15-2-1-7-24-20(15)29-16;1-2/h1-7,16,21-22H,8-12H2,(H2,23,27);1-2H3. The quantitative estimate of drug-likeness (QED) is 0.512. The third kappa shape index (κ3) is 5.18. The topological polar surface area (TPSA) is 129 Å². The predicted octanol–water partition coefficient (Wildman–Crippen LogP) is 2.18. The largest absolute Gasteiger partial charge is 0.484 e. The van der Waals surface area contributed by atoms with Crippen LogP contribution in [0.25, 0.3) is 0 Å². The lowest BCUT2D eigenvalue weighted by Crippen LogP contribution is -2.54. The Morgan fingerprint density at radius 2 is 1.97 bits per heavy atom. The lowest BCUT2D eigenvalue weighted by atomic mass is 10.1. The maximum Gasteiger partial charge on any atom is 0.284 e. The summed E-state index contributed by atoms with van der Waals surface area (Å²) in [5, 5.41) is 15.8. The molecule has 1 amide bonds. The van der Waals surface area contributed by atoms with Gasteiger partial charge in [0.1, 0.15) is 12.4 Å². The molecule has 4 rings (SSSR count). The summed E-state index contributed by atoms with van der Waals surface area (Å²) in [6.07, 6.45) is 1.47. The molecule has 3 heterocycles. The van der Waals surface area contributed by atoms with Crippen LogP contribution in [-0.2, 0) is 11.3 Å². The van der Waals surface area contributed by atoms with Crippen molar-refractivity contribution in [1.29, 1.82) is 10.8 Å². The number of nitrogens with two attached hydrogens (primary N) is 1. The van der Waals surface area contributed by atoms with Crippen LogP contribution in [0.5, 0.6) is 11.6 Å². The zero-order valence-corrected chi connectivity index (χ0v) is 17.8. The molecule has 9 nitrogen and oxygen atoms in total. The molecular formula is C22H28N6O3. The first kappa shape index (κ1) is 22.2. The van der Waals surface area contributed by atoms with Crippen molar-refractivity contribution in [3.05, 3.63) is 53.7 Å². The number of primary amides is 1. The van der Waals surface area contributed by atoms with Gasteiger partial charge in [-0.2, -0.15) is 0 Å². The molecule has 0 aliphatic carbocycles. The highest BCUT2D eigenvalue weighted by molar-refractivity contribution is 6.38. The molecule has 2 aliphatic heterocycles. The van der Waals surface area contributed by atoms with E-state index in [0.717, 1.165) is 11.1 Å². The van der Waals surface area contributed by atoms with Crippen LogP contribution in [0.3, 0.4) is 0 Å². The van der Waals surface area contributed by atoms with Crippen LogP contribution in [-0.4, -0.2) is 58.6 Å². The molecule has 1 aromatic heterocycles. The van der Waals surface area contributed by atoms with Gasteiger partial charge in [0, 0.05) is 25.8 Å². The molecule has 9 heteroatoms. The summed E-state index contributed by atoms with van der Waals surface area (Å²) in [5.74, 6) is 0.225. The summed E-state index contributed by atoms with van der Waals surface area (Å²) in [4.78, 5) is 18.8. The van der Waals surface area contributed by atoms with Crippen molar-refractivity contribution in [2.45, 2.75) is 26.5 Å². The Balaban J connectivity index is 0.00000132. The van der Waals surface area contributed by atoms with Gasteiger partial charge < -0.3 is 20.1 Å². The molecule has 1 atom stereocenters. The molecule has 0 spiro atoms. The molecule has 164 valence electrons. The van der Waals surface area contributed by atoms with E-state index in [1.807, 2.05) is 50.2 Å². The van der Waals surface area contributed by atoms with Gasteiger partial charge >= 0.3 is 0 Å². The number of hydrogen-bond acceptors (Lipinski definition) is 7. The number of aromatic nitrogens is 1. The molecule has 1 saturated heterocycles. The van der Waals surface area contributed by atoms with Crippen molar-refractivity contribution in [2.75, 3.05) is 26.2 Å². The normalized spacial score (nSPS) is 18.1. The minimum atomic E-state index is -0.814. The fourth-order valence-corrected chi connectivity index (χ4v) is 3.44. The van der Waals surface area contributed by atoms with E-state index < -0.39 is 5.91 Å². The van der Waals surface area contributed by atoms with Gasteiger partial charge in [0.2, 0.25) is 0 Å². The number of amides is 1. The SMILES string of the molecule is CC.N=C1CN(Cc2ccc(C3COc4cccnc4O3)cc2)CCN1C(=N)C(N)=O. The minimum Gasteiger partial charge on any atom is -0.484 e. The summed E-state index contributed by atoms with van der Waals surface area (Å²) in [6, 6.07) is 11.8. The Hall–Kier alpha value is -3.46. The molecule has 31 heavy (non-hydrogen) atoms. The second kappa shape index (κ2) is 10.0. The number of rotatable bonds is 3. The molecule has 0 bridgehead atoms. The summed E-state index contributed by atoms with van der Waals surface area (Å²) in [7, 11) is 0. The highest BCUT2D eigenvalue weighted by Crippen LogP contribution is 2.33. The third-order valence-corrected chi connectivity index (χ3v) is 4.98. The Bertz CT molecular complexity index is 947. The number of benzene rings is 1. The number of carbonyl (C=O) groups is 1. The average molecular weight is 425 g/mol. The van der Waals surface area contributed by atoms with Crippen molar-refractivity contribution in [2.24, 2.45) is 5.73 Å². The molecule has 4 N–H and O–H groups in total. The summed E-state index contributed by atoms with van der Waals surface area (Å²) in [6.45, 7) is 6.51. The monoisotopic (exact) mass is 424 g/mol. The lowest BCUT2D eigenvalue weighted by molar-refractivity contribution is -0.112. The highest BCUT2D eigenvalue weighted by atomic mass is 16.6. The second-order valence-electron chi connectivity index (χ2n) is 6.99. The van der Waals surface area contributed by atoms with Crippen molar-refractivity contribution >= 4 is 17.6 Å². The van der Waals surface area contributed by atoms with Crippen LogP contribution < -0.4 is 15.2 Å². The Morgan fingerprint density at radius 3 is 2.65 bits per heavy atom. The van der Waals surface area contributed by atoms with E-state index in [9.17, 15) is 4.79 Å². The van der Waals surface area contributed by atoms with Crippen LogP contribution >= 0.6 is 0 Å². The smallest absolute Gasteiger partial charge is 0.284 e. The molecule has 0 saturated carbocycles. The number of nitrogens with zero attached hydrogens (tertiary/aromatic N) is 3. The second-order valence-corrected chi connectivity index (χ2v) is 6.99. The van der Waals surface area contributed by atoms with Crippen LogP contribution in [0.2, 0.25) is 0 Å². The Kier molecular flexibility index (Phi) is 7.19. The molecule has 1 fully saturated rings. The van der Waals surface area contributed by atoms with Crippen molar-refractivity contribution < 1.29 is 14.3 Å². The van der Waals surface area contributed by atoms with E-state index in [1.54, 1.807) is 6.20 Å². The Labute approximate surface area is 181 Å². The molecule has 2 aliphatic rings. The summed E-state index contributed by atoms with van der Waals surface area (Å²) < 4.78 is 11.7. The van der Waals surface area contributed by atoms with E-state index in [2.05, 4.69) is 9.88 Å². The first-order valence-electron chi connectivity index (χ1n) is 10.3. The zero-order valence-electron chi connectivity index (χ0n) is 17.8. The highest BCUT2D eigenvalue weighted by Gasteiger charge is 2.27. The van der Waals surface area contributed by atoms with E-state index in [4.69, 9.17) is 26.0 Å². The summed E-state index contributed by atoms with van der Waals surface area (Å²) >= 11 is 0. The maximum absolute atomic E-state index is 11.2. The molecule has 1 unspecified atom stereocenters. The fourth-order valence-electron chi connectivity index (χ4n) is 3.44. The zero-order chi connectivity index (χ0) is 22.4. The number of piperazine rings is 1. The fraction of sp³-hybridized carbons (Fsp3) is 0.364. The van der Waals surface area contributed by atoms with E-state index in [-0.39, 0.29) is 17.8 Å². The molecule has 2 aromatic rings. The number of amidine groups is 2. The van der Waals surface area contributed by atoms with Gasteiger partial charge in [-0.05, 0) is 23.3 Å². The van der Waals surface area contributed by atoms with Crippen LogP contribution in [0.15, 0.2) is 42.6 Å². The first-order chi connectivity index (χ1) is 15.0. The third-order valence-electron chi connectivity index (χ3n) is 4.98. The van der Waals surface area contributed by atoms with E-state index in [1.165, 1.54) is 4.90 Å². The van der Waals surface area contributed by atoms with Crippen LogP contribution in [0.4, 0.5) is 0 Å². The lowest BCUT2D eigenvalue weighted by Gasteiger charge is -2.35. The van der Waals surface area contributed by atoms with Gasteiger partial charge in [-0.3, -0.25) is 20.5 Å². The average Bonchev–Trinajstić information content (AvgIpc) is 2.80. The van der Waals surface area contributed by atoms with E-state index >= 15 is 0 Å². The van der Waals surface area contributed by atoms with Crippen LogP contribution in [0.1, 0.15) is 31.1 Å². The molecular weight excluding hydrogens is 396 g/mol. The number of carbonyl (C=O) groups excluding carboxylic acids is 1. The van der Waals surface area contributed by atoms with Crippen molar-refractivity contribution in [3.63, 3.8) is 0 Å². The van der Waals surface area contributed by atoms with Crippen molar-refractivity contribution in [3.8, 4) is 11.6 Å². The predicted molar refractivity (Wildman–Crippen MR) is 118 cm³/mol. The summed E-state index contributed by atoms with van der Waals surface area (Å²) in [5.41, 5.74) is 7.27. The first-order valence-corrected chi connectivity index (χ1v) is 10.3. The number of pyridine rings is 1. The van der Waals surface area contributed by atoms with Gasteiger partial charge in [0.25, 0.3) is 11.8 Å². The van der Waals surface area contributed by atoms with Gasteiger partial charge in [-0.15, -0.1) is 0 Å². The van der Waals surface area contributed by atoms with E-state index in [0.29, 0.717) is 44.4 Å². The maximum atomic E-state index is 11.2. The number of fused-ring (bicyclic) bond motifs is 1. The minimum absolute atomic E-state index is 0.204. The van der Waals surface area contributed by atoms with Crippen molar-refractivity contribution in [1.82, 2.24) is 14.8 Å². The molecule has 1 aromatic carbocycles. The Morgan fingerprint density at radius 1 is 1.23 bits per heavy atom. The number of hydrogen-bond donors (Lipinski definition) is 3. The van der Waals surface area contributed by atoms with Gasteiger partial charge in [0.05, 0.1) is 6.54 Å². The number of nitrogens with one attached hydrogen (secondary N) is 2. The van der Waals surface area contributed by atoms with Crippen LogP contribution in [0, 0.1) is 10.8 Å². The van der Waals surface area contributed by atoms with Gasteiger partial charge in [-0.1, -0.05) is 38.1 Å².